The number of nitrogens with one attached hydrogen (secondary N) is 1. The standard InChI is InChI=1S/C14H19ClN2O/c1-10-7-11(2)9-17(8-10)14(18)16-13-6-4-3-5-12(13)15/h3-6,10-11H,7-9H2,1-2H3,(H,16,18)/t10-,11-/m0/s1. The monoisotopic (exact) mass is 266 g/mol. The average molecular weight is 267 g/mol. The number of likely N-dealkylation sites (tertiary alicyclic amines) is 1. The summed E-state index contributed by atoms with van der Waals surface area (Å²) in [4.78, 5) is 14.0. The van der Waals surface area contributed by atoms with Crippen LogP contribution in [0.4, 0.5) is 10.5 Å². The van der Waals surface area contributed by atoms with Gasteiger partial charge in [-0.15, -0.1) is 0 Å². The van der Waals surface area contributed by atoms with Crippen molar-refractivity contribution >= 4 is 23.3 Å². The third kappa shape index (κ3) is 3.16. The lowest BCUT2D eigenvalue weighted by molar-refractivity contribution is 0.156. The van der Waals surface area contributed by atoms with Crippen molar-refractivity contribution in [2.45, 2.75) is 20.3 Å². The summed E-state index contributed by atoms with van der Waals surface area (Å²) in [5.74, 6) is 1.12. The Morgan fingerprint density at radius 1 is 1.28 bits per heavy atom. The number of para-hydroxylation sites is 1. The molecule has 98 valence electrons. The maximum atomic E-state index is 12.2. The Balaban J connectivity index is 2.02. The Kier molecular flexibility index (Phi) is 4.12. The molecule has 1 aromatic carbocycles. The SMILES string of the molecule is C[C@H]1C[C@H](C)CN(C(=O)Nc2ccccc2Cl)C1. The lowest BCUT2D eigenvalue weighted by Gasteiger charge is -2.35. The molecular weight excluding hydrogens is 248 g/mol. The number of benzene rings is 1. The van der Waals surface area contributed by atoms with Gasteiger partial charge in [0.25, 0.3) is 0 Å². The van der Waals surface area contributed by atoms with Crippen LogP contribution in [0.15, 0.2) is 24.3 Å². The van der Waals surface area contributed by atoms with Crippen LogP contribution < -0.4 is 5.32 Å². The minimum absolute atomic E-state index is 0.0542. The lowest BCUT2D eigenvalue weighted by Crippen LogP contribution is -2.44. The van der Waals surface area contributed by atoms with E-state index in [0.717, 1.165) is 13.1 Å². The highest BCUT2D eigenvalue weighted by Crippen LogP contribution is 2.24. The molecule has 1 saturated heterocycles. The van der Waals surface area contributed by atoms with E-state index < -0.39 is 0 Å². The number of carbonyl (C=O) groups excluding carboxylic acids is 1. The normalized spacial score (nSPS) is 23.8. The molecule has 1 heterocycles. The summed E-state index contributed by atoms with van der Waals surface area (Å²) in [7, 11) is 0. The molecule has 0 unspecified atom stereocenters. The van der Waals surface area contributed by atoms with Gasteiger partial charge in [-0.25, -0.2) is 4.79 Å². The van der Waals surface area contributed by atoms with Crippen LogP contribution >= 0.6 is 11.6 Å². The number of urea groups is 1. The maximum absolute atomic E-state index is 12.2. The molecule has 4 heteroatoms. The number of anilines is 1. The fourth-order valence-electron chi connectivity index (χ4n) is 2.59. The Morgan fingerprint density at radius 3 is 2.50 bits per heavy atom. The van der Waals surface area contributed by atoms with Crippen molar-refractivity contribution in [1.29, 1.82) is 0 Å². The molecule has 2 rings (SSSR count). The molecule has 1 aromatic rings. The maximum Gasteiger partial charge on any atom is 0.321 e. The third-order valence-electron chi connectivity index (χ3n) is 3.27. The van der Waals surface area contributed by atoms with Crippen LogP contribution in [0.5, 0.6) is 0 Å². The molecule has 3 nitrogen and oxygen atoms in total. The van der Waals surface area contributed by atoms with Crippen LogP contribution in [-0.4, -0.2) is 24.0 Å². The van der Waals surface area contributed by atoms with Gasteiger partial charge in [0, 0.05) is 13.1 Å². The van der Waals surface area contributed by atoms with Crippen molar-refractivity contribution in [3.05, 3.63) is 29.3 Å². The highest BCUT2D eigenvalue weighted by atomic mass is 35.5. The van der Waals surface area contributed by atoms with Crippen LogP contribution in [0.2, 0.25) is 5.02 Å². The topological polar surface area (TPSA) is 32.3 Å². The number of nitrogens with zero attached hydrogens (tertiary/aromatic N) is 1. The second-order valence-corrected chi connectivity index (χ2v) is 5.67. The Morgan fingerprint density at radius 2 is 1.89 bits per heavy atom. The van der Waals surface area contributed by atoms with Gasteiger partial charge in [0.15, 0.2) is 0 Å². The minimum atomic E-state index is -0.0542. The molecular formula is C14H19ClN2O. The summed E-state index contributed by atoms with van der Waals surface area (Å²) in [5.41, 5.74) is 0.676. The van der Waals surface area contributed by atoms with Crippen molar-refractivity contribution in [3.8, 4) is 0 Å². The summed E-state index contributed by atoms with van der Waals surface area (Å²) in [6.45, 7) is 6.01. The molecule has 0 aliphatic carbocycles. The second kappa shape index (κ2) is 5.61. The predicted molar refractivity (Wildman–Crippen MR) is 75.0 cm³/mol. The van der Waals surface area contributed by atoms with Gasteiger partial charge < -0.3 is 10.2 Å². The molecule has 0 radical (unpaired) electrons. The first kappa shape index (κ1) is 13.2. The van der Waals surface area contributed by atoms with Gasteiger partial charge in [0.05, 0.1) is 10.7 Å². The number of carbonyl (C=O) groups is 1. The van der Waals surface area contributed by atoms with Gasteiger partial charge in [-0.2, -0.15) is 0 Å². The quantitative estimate of drug-likeness (QED) is 0.823. The van der Waals surface area contributed by atoms with E-state index in [4.69, 9.17) is 11.6 Å². The molecule has 0 aromatic heterocycles. The van der Waals surface area contributed by atoms with Crippen LogP contribution in [0, 0.1) is 11.8 Å². The largest absolute Gasteiger partial charge is 0.324 e. The van der Waals surface area contributed by atoms with Crippen molar-refractivity contribution in [2.24, 2.45) is 11.8 Å². The summed E-state index contributed by atoms with van der Waals surface area (Å²) < 4.78 is 0. The van der Waals surface area contributed by atoms with Gasteiger partial charge in [-0.1, -0.05) is 37.6 Å². The van der Waals surface area contributed by atoms with Crippen molar-refractivity contribution in [3.63, 3.8) is 0 Å². The summed E-state index contributed by atoms with van der Waals surface area (Å²) in [5, 5.41) is 3.45. The van der Waals surface area contributed by atoms with Crippen LogP contribution in [-0.2, 0) is 0 Å². The fraction of sp³-hybridized carbons (Fsp3) is 0.500. The first-order chi connectivity index (χ1) is 8.56. The van der Waals surface area contributed by atoms with Gasteiger partial charge in [0.1, 0.15) is 0 Å². The first-order valence-electron chi connectivity index (χ1n) is 6.36. The fourth-order valence-corrected chi connectivity index (χ4v) is 2.77. The Labute approximate surface area is 113 Å². The molecule has 2 amide bonds. The highest BCUT2D eigenvalue weighted by molar-refractivity contribution is 6.33. The van der Waals surface area contributed by atoms with Gasteiger partial charge >= 0.3 is 6.03 Å². The van der Waals surface area contributed by atoms with E-state index in [1.54, 1.807) is 6.07 Å². The number of hydrogen-bond donors (Lipinski definition) is 1. The third-order valence-corrected chi connectivity index (χ3v) is 3.60. The highest BCUT2D eigenvalue weighted by Gasteiger charge is 2.25. The van der Waals surface area contributed by atoms with Crippen molar-refractivity contribution in [2.75, 3.05) is 18.4 Å². The zero-order valence-corrected chi connectivity index (χ0v) is 11.6. The van der Waals surface area contributed by atoms with E-state index >= 15 is 0 Å². The molecule has 1 aliphatic rings. The molecule has 2 atom stereocenters. The van der Waals surface area contributed by atoms with E-state index in [-0.39, 0.29) is 6.03 Å². The second-order valence-electron chi connectivity index (χ2n) is 5.26. The average Bonchev–Trinajstić information content (AvgIpc) is 2.31. The molecule has 0 spiro atoms. The minimum Gasteiger partial charge on any atom is -0.324 e. The Hall–Kier alpha value is -1.22. The Bertz CT molecular complexity index is 426. The molecule has 1 N–H and O–H groups in total. The summed E-state index contributed by atoms with van der Waals surface area (Å²) in [6.07, 6.45) is 1.19. The van der Waals surface area contributed by atoms with Gasteiger partial charge in [-0.05, 0) is 30.4 Å². The number of hydrogen-bond acceptors (Lipinski definition) is 1. The van der Waals surface area contributed by atoms with Crippen LogP contribution in [0.1, 0.15) is 20.3 Å². The van der Waals surface area contributed by atoms with Crippen molar-refractivity contribution in [1.82, 2.24) is 4.90 Å². The number of rotatable bonds is 1. The van der Waals surface area contributed by atoms with E-state index in [0.29, 0.717) is 22.5 Å². The summed E-state index contributed by atoms with van der Waals surface area (Å²) in [6, 6.07) is 7.25. The van der Waals surface area contributed by atoms with E-state index in [9.17, 15) is 4.79 Å². The van der Waals surface area contributed by atoms with Crippen LogP contribution in [0.25, 0.3) is 0 Å². The summed E-state index contributed by atoms with van der Waals surface area (Å²) >= 11 is 6.03. The molecule has 1 aliphatic heterocycles. The molecule has 0 saturated carbocycles. The van der Waals surface area contributed by atoms with Gasteiger partial charge in [-0.3, -0.25) is 0 Å². The predicted octanol–water partition coefficient (Wildman–Crippen LogP) is 3.85. The molecule has 1 fully saturated rings. The van der Waals surface area contributed by atoms with Crippen LogP contribution in [0.3, 0.4) is 0 Å². The molecule has 0 bridgehead atoms. The number of piperidine rings is 1. The van der Waals surface area contributed by atoms with E-state index in [2.05, 4.69) is 19.2 Å². The van der Waals surface area contributed by atoms with Gasteiger partial charge in [0.2, 0.25) is 0 Å². The number of amides is 2. The van der Waals surface area contributed by atoms with E-state index in [1.807, 2.05) is 23.1 Å². The smallest absolute Gasteiger partial charge is 0.321 e. The van der Waals surface area contributed by atoms with E-state index in [1.165, 1.54) is 6.42 Å². The lowest BCUT2D eigenvalue weighted by atomic mass is 9.92. The first-order valence-corrected chi connectivity index (χ1v) is 6.74. The number of halogens is 1. The zero-order valence-electron chi connectivity index (χ0n) is 10.8. The zero-order chi connectivity index (χ0) is 13.1. The molecule has 18 heavy (non-hydrogen) atoms. The van der Waals surface area contributed by atoms with Crippen molar-refractivity contribution < 1.29 is 4.79 Å².